The first kappa shape index (κ1) is 18.9. The predicted molar refractivity (Wildman–Crippen MR) is 124 cm³/mol. The summed E-state index contributed by atoms with van der Waals surface area (Å²) < 4.78 is 0. The lowest BCUT2D eigenvalue weighted by molar-refractivity contribution is -0.119. The van der Waals surface area contributed by atoms with Gasteiger partial charge in [0.25, 0.3) is 0 Å². The van der Waals surface area contributed by atoms with Crippen molar-refractivity contribution >= 4 is 34.0 Å². The molecule has 1 heterocycles. The molecule has 1 unspecified atom stereocenters. The Morgan fingerprint density at radius 3 is 2.43 bits per heavy atom. The van der Waals surface area contributed by atoms with Crippen molar-refractivity contribution in [3.8, 4) is 0 Å². The molecule has 0 radical (unpaired) electrons. The molecule has 0 N–H and O–H groups in total. The van der Waals surface area contributed by atoms with Crippen LogP contribution >= 0.6 is 11.6 Å². The Hall–Kier alpha value is -3.10. The molecule has 0 aliphatic carbocycles. The van der Waals surface area contributed by atoms with E-state index in [0.717, 1.165) is 11.3 Å². The second kappa shape index (κ2) is 7.62. The molecule has 0 bridgehead atoms. The van der Waals surface area contributed by atoms with Crippen LogP contribution in [0.3, 0.4) is 0 Å². The number of nitrogens with zero attached hydrogens (tertiary/aromatic N) is 1. The van der Waals surface area contributed by atoms with Gasteiger partial charge in [0.1, 0.15) is 0 Å². The zero-order valence-corrected chi connectivity index (χ0v) is 17.6. The van der Waals surface area contributed by atoms with Crippen LogP contribution in [0, 0.1) is 6.92 Å². The van der Waals surface area contributed by atoms with Gasteiger partial charge in [0, 0.05) is 23.0 Å². The average Bonchev–Trinajstić information content (AvgIpc) is 2.77. The van der Waals surface area contributed by atoms with Crippen molar-refractivity contribution in [3.63, 3.8) is 0 Å². The van der Waals surface area contributed by atoms with Gasteiger partial charge in [-0.1, -0.05) is 78.3 Å². The Morgan fingerprint density at radius 1 is 0.900 bits per heavy atom. The second-order valence-electron chi connectivity index (χ2n) is 7.94. The number of halogens is 1. The molecule has 0 spiro atoms. The van der Waals surface area contributed by atoms with Crippen LogP contribution in [-0.4, -0.2) is 5.91 Å². The molecule has 1 aliphatic rings. The summed E-state index contributed by atoms with van der Waals surface area (Å²) >= 11 is 6.05. The van der Waals surface area contributed by atoms with Crippen molar-refractivity contribution in [1.29, 1.82) is 0 Å². The summed E-state index contributed by atoms with van der Waals surface area (Å²) in [4.78, 5) is 15.3. The largest absolute Gasteiger partial charge is 0.308 e. The summed E-state index contributed by atoms with van der Waals surface area (Å²) in [6.07, 6.45) is 0.472. The first-order chi connectivity index (χ1) is 14.6. The van der Waals surface area contributed by atoms with Crippen LogP contribution in [0.15, 0.2) is 84.9 Å². The highest BCUT2D eigenvalue weighted by Gasteiger charge is 2.34. The standard InChI is InChI=1S/C27H22ClNO/c1-18-6-2-4-8-22(18)24-16-26(30)29(17-19-10-13-21(28)14-11-19)25-15-12-20-7-3-5-9-23(20)27(24)25/h2-15,24H,16-17H2,1H3. The topological polar surface area (TPSA) is 20.3 Å². The van der Waals surface area contributed by atoms with Gasteiger partial charge in [0.15, 0.2) is 0 Å². The third-order valence-corrected chi connectivity index (χ3v) is 6.34. The number of fused-ring (bicyclic) bond motifs is 3. The van der Waals surface area contributed by atoms with Crippen LogP contribution in [-0.2, 0) is 11.3 Å². The van der Waals surface area contributed by atoms with E-state index in [-0.39, 0.29) is 11.8 Å². The number of rotatable bonds is 3. The lowest BCUT2D eigenvalue weighted by Gasteiger charge is -2.36. The Morgan fingerprint density at radius 2 is 1.63 bits per heavy atom. The van der Waals surface area contributed by atoms with E-state index in [1.165, 1.54) is 27.5 Å². The lowest BCUT2D eigenvalue weighted by Crippen LogP contribution is -2.36. The van der Waals surface area contributed by atoms with Crippen molar-refractivity contribution in [1.82, 2.24) is 0 Å². The van der Waals surface area contributed by atoms with Crippen molar-refractivity contribution in [3.05, 3.63) is 112 Å². The number of anilines is 1. The minimum absolute atomic E-state index is 0.0567. The number of hydrogen-bond donors (Lipinski definition) is 0. The SMILES string of the molecule is Cc1ccccc1C1CC(=O)N(Cc2ccc(Cl)cc2)c2ccc3ccccc3c21. The zero-order valence-electron chi connectivity index (χ0n) is 16.8. The lowest BCUT2D eigenvalue weighted by atomic mass is 9.79. The highest BCUT2D eigenvalue weighted by molar-refractivity contribution is 6.30. The Labute approximate surface area is 181 Å². The summed E-state index contributed by atoms with van der Waals surface area (Å²) in [5, 5.41) is 3.13. The monoisotopic (exact) mass is 411 g/mol. The maximum atomic E-state index is 13.4. The Bertz CT molecular complexity index is 1250. The van der Waals surface area contributed by atoms with Gasteiger partial charge in [0.05, 0.1) is 6.54 Å². The summed E-state index contributed by atoms with van der Waals surface area (Å²) in [5.74, 6) is 0.210. The van der Waals surface area contributed by atoms with E-state index in [9.17, 15) is 4.79 Å². The quantitative estimate of drug-likeness (QED) is 0.360. The van der Waals surface area contributed by atoms with Crippen molar-refractivity contribution in [2.24, 2.45) is 0 Å². The van der Waals surface area contributed by atoms with E-state index in [4.69, 9.17) is 11.6 Å². The molecule has 4 aromatic carbocycles. The molecule has 5 rings (SSSR count). The molecule has 0 saturated heterocycles. The summed E-state index contributed by atoms with van der Waals surface area (Å²) in [6.45, 7) is 2.67. The third-order valence-electron chi connectivity index (χ3n) is 6.08. The molecule has 148 valence electrons. The van der Waals surface area contributed by atoms with Gasteiger partial charge in [-0.15, -0.1) is 0 Å². The maximum absolute atomic E-state index is 13.4. The first-order valence-corrected chi connectivity index (χ1v) is 10.6. The molecule has 1 amide bonds. The van der Waals surface area contributed by atoms with Gasteiger partial charge in [-0.05, 0) is 58.1 Å². The normalized spacial score (nSPS) is 16.0. The Kier molecular flexibility index (Phi) is 4.80. The molecule has 0 saturated carbocycles. The zero-order chi connectivity index (χ0) is 20.7. The van der Waals surface area contributed by atoms with Gasteiger partial charge in [-0.25, -0.2) is 0 Å². The van der Waals surface area contributed by atoms with Gasteiger partial charge in [0.2, 0.25) is 5.91 Å². The first-order valence-electron chi connectivity index (χ1n) is 10.2. The number of carbonyl (C=O) groups is 1. The van der Waals surface area contributed by atoms with Crippen LogP contribution in [0.25, 0.3) is 10.8 Å². The van der Waals surface area contributed by atoms with E-state index in [1.54, 1.807) is 0 Å². The van der Waals surface area contributed by atoms with Crippen molar-refractivity contribution in [2.75, 3.05) is 4.90 Å². The average molecular weight is 412 g/mol. The van der Waals surface area contributed by atoms with Crippen LogP contribution in [0.4, 0.5) is 5.69 Å². The second-order valence-corrected chi connectivity index (χ2v) is 8.38. The molecule has 0 aromatic heterocycles. The van der Waals surface area contributed by atoms with E-state index in [0.29, 0.717) is 18.0 Å². The molecule has 1 aliphatic heterocycles. The van der Waals surface area contributed by atoms with Crippen molar-refractivity contribution in [2.45, 2.75) is 25.8 Å². The van der Waals surface area contributed by atoms with Crippen molar-refractivity contribution < 1.29 is 4.79 Å². The summed E-state index contributed by atoms with van der Waals surface area (Å²) in [5.41, 5.74) is 5.78. The Balaban J connectivity index is 1.69. The molecule has 0 fully saturated rings. The maximum Gasteiger partial charge on any atom is 0.228 e. The fourth-order valence-corrected chi connectivity index (χ4v) is 4.72. The molecule has 3 heteroatoms. The molecule has 1 atom stereocenters. The number of carbonyl (C=O) groups excluding carboxylic acids is 1. The number of hydrogen-bond acceptors (Lipinski definition) is 1. The molecular formula is C27H22ClNO. The third kappa shape index (κ3) is 3.28. The predicted octanol–water partition coefficient (Wildman–Crippen LogP) is 6.87. The van der Waals surface area contributed by atoms with E-state index < -0.39 is 0 Å². The number of benzene rings is 4. The van der Waals surface area contributed by atoms with E-state index >= 15 is 0 Å². The van der Waals surface area contributed by atoms with Crippen LogP contribution in [0.1, 0.15) is 34.6 Å². The number of amides is 1. The molecular weight excluding hydrogens is 390 g/mol. The molecule has 4 aromatic rings. The molecule has 30 heavy (non-hydrogen) atoms. The van der Waals surface area contributed by atoms with Crippen LogP contribution < -0.4 is 4.90 Å². The van der Waals surface area contributed by atoms with E-state index in [1.807, 2.05) is 29.2 Å². The fraction of sp³-hybridized carbons (Fsp3) is 0.148. The van der Waals surface area contributed by atoms with Crippen LogP contribution in [0.2, 0.25) is 5.02 Å². The molecule has 2 nitrogen and oxygen atoms in total. The summed E-state index contributed by atoms with van der Waals surface area (Å²) in [7, 11) is 0. The van der Waals surface area contributed by atoms with Gasteiger partial charge < -0.3 is 4.90 Å². The fourth-order valence-electron chi connectivity index (χ4n) is 4.60. The number of aryl methyl sites for hydroxylation is 1. The minimum Gasteiger partial charge on any atom is -0.308 e. The van der Waals surface area contributed by atoms with E-state index in [2.05, 4.69) is 67.6 Å². The summed E-state index contributed by atoms with van der Waals surface area (Å²) in [6, 6.07) is 28.8. The van der Waals surface area contributed by atoms with Crippen LogP contribution in [0.5, 0.6) is 0 Å². The highest BCUT2D eigenvalue weighted by atomic mass is 35.5. The van der Waals surface area contributed by atoms with Gasteiger partial charge in [-0.3, -0.25) is 4.79 Å². The smallest absolute Gasteiger partial charge is 0.228 e. The minimum atomic E-state index is 0.0567. The van der Waals surface area contributed by atoms with Gasteiger partial charge in [-0.2, -0.15) is 0 Å². The van der Waals surface area contributed by atoms with Gasteiger partial charge >= 0.3 is 0 Å². The highest BCUT2D eigenvalue weighted by Crippen LogP contribution is 2.45.